The number of carboxylic acid groups (broad SMARTS) is 1. The van der Waals surface area contributed by atoms with Crippen molar-refractivity contribution in [3.05, 3.63) is 65.2 Å². The molecule has 0 spiro atoms. The summed E-state index contributed by atoms with van der Waals surface area (Å²) in [5.41, 5.74) is 2.40. The lowest BCUT2D eigenvalue weighted by Crippen LogP contribution is -2.30. The maximum atomic E-state index is 12.1. The van der Waals surface area contributed by atoms with Crippen molar-refractivity contribution in [3.8, 4) is 5.75 Å². The first kappa shape index (κ1) is 18.4. The molecule has 0 aliphatic carbocycles. The molecule has 1 aliphatic rings. The third-order valence-corrected chi connectivity index (χ3v) is 4.17. The average Bonchev–Trinajstić information content (AvgIpc) is 2.66. The lowest BCUT2D eigenvalue weighted by atomic mass is 9.95. The predicted octanol–water partition coefficient (Wildman–Crippen LogP) is 2.11. The van der Waals surface area contributed by atoms with Crippen LogP contribution in [-0.4, -0.2) is 36.1 Å². The minimum Gasteiger partial charge on any atom is -0.484 e. The van der Waals surface area contributed by atoms with E-state index in [4.69, 9.17) is 14.6 Å². The molecule has 7 nitrogen and oxygen atoms in total. The SMILES string of the molecule is O=C(O)CCNC(=O)COc1ccc(C2Cc3ccccc3C(=O)O2)cc1. The summed E-state index contributed by atoms with van der Waals surface area (Å²) in [5.74, 6) is -1.20. The molecule has 2 aromatic carbocycles. The van der Waals surface area contributed by atoms with Gasteiger partial charge in [0.25, 0.3) is 5.91 Å². The van der Waals surface area contributed by atoms with Crippen molar-refractivity contribution in [3.63, 3.8) is 0 Å². The molecule has 0 saturated heterocycles. The molecule has 0 saturated carbocycles. The Morgan fingerprint density at radius 3 is 2.63 bits per heavy atom. The second kappa shape index (κ2) is 8.35. The Labute approximate surface area is 155 Å². The Balaban J connectivity index is 1.54. The number of carbonyl (C=O) groups is 3. The van der Waals surface area contributed by atoms with Crippen LogP contribution < -0.4 is 10.1 Å². The Morgan fingerprint density at radius 2 is 1.89 bits per heavy atom. The van der Waals surface area contributed by atoms with E-state index in [1.807, 2.05) is 18.2 Å². The van der Waals surface area contributed by atoms with Gasteiger partial charge in [-0.15, -0.1) is 0 Å². The minimum atomic E-state index is -0.974. The number of fused-ring (bicyclic) bond motifs is 1. The van der Waals surface area contributed by atoms with Crippen LogP contribution >= 0.6 is 0 Å². The van der Waals surface area contributed by atoms with Crippen molar-refractivity contribution < 1.29 is 29.0 Å². The molecule has 1 atom stereocenters. The highest BCUT2D eigenvalue weighted by molar-refractivity contribution is 5.92. The van der Waals surface area contributed by atoms with E-state index >= 15 is 0 Å². The van der Waals surface area contributed by atoms with Crippen molar-refractivity contribution in [2.75, 3.05) is 13.2 Å². The zero-order valence-corrected chi connectivity index (χ0v) is 14.5. The summed E-state index contributed by atoms with van der Waals surface area (Å²) in [6, 6.07) is 14.4. The number of hydrogen-bond donors (Lipinski definition) is 2. The van der Waals surface area contributed by atoms with Crippen LogP contribution in [0.3, 0.4) is 0 Å². The van der Waals surface area contributed by atoms with Gasteiger partial charge in [-0.2, -0.15) is 0 Å². The van der Waals surface area contributed by atoms with Crippen LogP contribution in [0.5, 0.6) is 5.75 Å². The number of carbonyl (C=O) groups excluding carboxylic acids is 2. The molecule has 140 valence electrons. The van der Waals surface area contributed by atoms with Crippen LogP contribution in [0.15, 0.2) is 48.5 Å². The van der Waals surface area contributed by atoms with Crippen LogP contribution in [0, 0.1) is 0 Å². The van der Waals surface area contributed by atoms with Gasteiger partial charge in [-0.1, -0.05) is 30.3 Å². The summed E-state index contributed by atoms with van der Waals surface area (Å²) < 4.78 is 10.9. The van der Waals surface area contributed by atoms with Gasteiger partial charge in [0.1, 0.15) is 11.9 Å². The molecule has 0 fully saturated rings. The smallest absolute Gasteiger partial charge is 0.339 e. The molecule has 0 aromatic heterocycles. The van der Waals surface area contributed by atoms with E-state index in [-0.39, 0.29) is 31.6 Å². The van der Waals surface area contributed by atoms with Crippen molar-refractivity contribution >= 4 is 17.8 Å². The van der Waals surface area contributed by atoms with E-state index in [2.05, 4.69) is 5.32 Å². The van der Waals surface area contributed by atoms with E-state index in [0.29, 0.717) is 17.7 Å². The molecule has 2 aromatic rings. The Morgan fingerprint density at radius 1 is 1.15 bits per heavy atom. The van der Waals surface area contributed by atoms with Gasteiger partial charge in [-0.3, -0.25) is 9.59 Å². The molecule has 1 aliphatic heterocycles. The van der Waals surface area contributed by atoms with Crippen LogP contribution in [-0.2, 0) is 20.7 Å². The number of nitrogens with one attached hydrogen (secondary N) is 1. The second-order valence-corrected chi connectivity index (χ2v) is 6.11. The quantitative estimate of drug-likeness (QED) is 0.725. The van der Waals surface area contributed by atoms with Crippen LogP contribution in [0.4, 0.5) is 0 Å². The lowest BCUT2D eigenvalue weighted by Gasteiger charge is -2.25. The number of aliphatic carboxylic acids is 1. The van der Waals surface area contributed by atoms with Gasteiger partial charge in [0, 0.05) is 13.0 Å². The van der Waals surface area contributed by atoms with Gasteiger partial charge < -0.3 is 19.9 Å². The van der Waals surface area contributed by atoms with Gasteiger partial charge >= 0.3 is 11.9 Å². The predicted molar refractivity (Wildman–Crippen MR) is 95.5 cm³/mol. The van der Waals surface area contributed by atoms with E-state index in [9.17, 15) is 14.4 Å². The molecule has 7 heteroatoms. The summed E-state index contributed by atoms with van der Waals surface area (Å²) in [7, 11) is 0. The number of benzene rings is 2. The van der Waals surface area contributed by atoms with Gasteiger partial charge in [-0.25, -0.2) is 4.79 Å². The van der Waals surface area contributed by atoms with Crippen LogP contribution in [0.25, 0.3) is 0 Å². The Hall–Kier alpha value is -3.35. The number of rotatable bonds is 7. The topological polar surface area (TPSA) is 102 Å². The number of ether oxygens (including phenoxy) is 2. The van der Waals surface area contributed by atoms with Gasteiger partial charge in [0.05, 0.1) is 12.0 Å². The largest absolute Gasteiger partial charge is 0.484 e. The number of esters is 1. The minimum absolute atomic E-state index is 0.0605. The Kier molecular flexibility index (Phi) is 5.71. The fourth-order valence-electron chi connectivity index (χ4n) is 2.80. The third-order valence-electron chi connectivity index (χ3n) is 4.17. The first-order chi connectivity index (χ1) is 13.0. The highest BCUT2D eigenvalue weighted by atomic mass is 16.5. The van der Waals surface area contributed by atoms with E-state index in [0.717, 1.165) is 11.1 Å². The molecule has 1 heterocycles. The van der Waals surface area contributed by atoms with E-state index in [1.165, 1.54) is 0 Å². The fourth-order valence-corrected chi connectivity index (χ4v) is 2.80. The van der Waals surface area contributed by atoms with Gasteiger partial charge in [-0.05, 0) is 29.3 Å². The molecule has 27 heavy (non-hydrogen) atoms. The van der Waals surface area contributed by atoms with Crippen molar-refractivity contribution in [1.29, 1.82) is 0 Å². The Bertz CT molecular complexity index is 846. The van der Waals surface area contributed by atoms with Gasteiger partial charge in [0.15, 0.2) is 6.61 Å². The summed E-state index contributed by atoms with van der Waals surface area (Å²) in [5, 5.41) is 11.0. The third kappa shape index (κ3) is 4.84. The molecular formula is C20H19NO6. The van der Waals surface area contributed by atoms with Crippen molar-refractivity contribution in [1.82, 2.24) is 5.32 Å². The second-order valence-electron chi connectivity index (χ2n) is 6.11. The summed E-state index contributed by atoms with van der Waals surface area (Å²) in [6.45, 7) is -0.143. The van der Waals surface area contributed by atoms with Crippen molar-refractivity contribution in [2.24, 2.45) is 0 Å². The fraction of sp³-hybridized carbons (Fsp3) is 0.250. The molecule has 1 amide bonds. The number of cyclic esters (lactones) is 1. The standard InChI is InChI=1S/C20H19NO6/c22-18(21-10-9-19(23)24)12-26-15-7-5-13(6-8-15)17-11-14-3-1-2-4-16(14)20(25)27-17/h1-8,17H,9-12H2,(H,21,22)(H,23,24). The van der Waals surface area contributed by atoms with E-state index < -0.39 is 11.9 Å². The number of carboxylic acids is 1. The maximum absolute atomic E-state index is 12.1. The lowest BCUT2D eigenvalue weighted by molar-refractivity contribution is -0.137. The van der Waals surface area contributed by atoms with Crippen LogP contribution in [0.1, 0.15) is 34.0 Å². The van der Waals surface area contributed by atoms with Crippen LogP contribution in [0.2, 0.25) is 0 Å². The zero-order chi connectivity index (χ0) is 19.2. The normalized spacial score (nSPS) is 15.4. The molecule has 1 unspecified atom stereocenters. The van der Waals surface area contributed by atoms with E-state index in [1.54, 1.807) is 30.3 Å². The molecule has 0 bridgehead atoms. The summed E-state index contributed by atoms with van der Waals surface area (Å²) in [6.07, 6.45) is 0.110. The maximum Gasteiger partial charge on any atom is 0.339 e. The molecule has 0 radical (unpaired) electrons. The highest BCUT2D eigenvalue weighted by Gasteiger charge is 2.26. The highest BCUT2D eigenvalue weighted by Crippen LogP contribution is 2.31. The molecule has 3 rings (SSSR count). The van der Waals surface area contributed by atoms with Crippen molar-refractivity contribution in [2.45, 2.75) is 18.9 Å². The summed E-state index contributed by atoms with van der Waals surface area (Å²) >= 11 is 0. The average molecular weight is 369 g/mol. The number of hydrogen-bond acceptors (Lipinski definition) is 5. The monoisotopic (exact) mass is 369 g/mol. The van der Waals surface area contributed by atoms with Gasteiger partial charge in [0.2, 0.25) is 0 Å². The molecule has 2 N–H and O–H groups in total. The zero-order valence-electron chi connectivity index (χ0n) is 14.5. The first-order valence-corrected chi connectivity index (χ1v) is 8.53. The molecular weight excluding hydrogens is 350 g/mol. The first-order valence-electron chi connectivity index (χ1n) is 8.53. The summed E-state index contributed by atoms with van der Waals surface area (Å²) in [4.78, 5) is 34.1. The number of amides is 1.